The highest BCUT2D eigenvalue weighted by molar-refractivity contribution is 5.56. The van der Waals surface area contributed by atoms with Crippen LogP contribution in [0.25, 0.3) is 0 Å². The summed E-state index contributed by atoms with van der Waals surface area (Å²) >= 11 is 0. The number of hydrogen-bond donors (Lipinski definition) is 0. The third-order valence-electron chi connectivity index (χ3n) is 3.26. The van der Waals surface area contributed by atoms with Crippen molar-refractivity contribution in [2.45, 2.75) is 32.3 Å². The molecule has 0 aromatic heterocycles. The lowest BCUT2D eigenvalue weighted by Gasteiger charge is -2.35. The van der Waals surface area contributed by atoms with E-state index >= 15 is 0 Å². The molecule has 0 spiro atoms. The van der Waals surface area contributed by atoms with Crippen LogP contribution in [0.15, 0.2) is 24.3 Å². The summed E-state index contributed by atoms with van der Waals surface area (Å²) < 4.78 is 5.40. The van der Waals surface area contributed by atoms with Gasteiger partial charge in [0.15, 0.2) is 6.10 Å². The van der Waals surface area contributed by atoms with Crippen LogP contribution in [0.3, 0.4) is 0 Å². The maximum absolute atomic E-state index is 8.98. The lowest BCUT2D eigenvalue weighted by molar-refractivity contribution is 0.0763. The van der Waals surface area contributed by atoms with E-state index in [9.17, 15) is 0 Å². The predicted octanol–water partition coefficient (Wildman–Crippen LogP) is 2.71. The van der Waals surface area contributed by atoms with E-state index in [-0.39, 0.29) is 11.5 Å². The van der Waals surface area contributed by atoms with Crippen molar-refractivity contribution < 1.29 is 4.74 Å². The number of hydrogen-bond acceptors (Lipinski definition) is 3. The minimum atomic E-state index is -0.313. The van der Waals surface area contributed by atoms with Gasteiger partial charge in [-0.15, -0.1) is 0 Å². The average Bonchev–Trinajstić information content (AvgIpc) is 2.38. The molecule has 0 N–H and O–H groups in total. The highest BCUT2D eigenvalue weighted by atomic mass is 16.5. The number of morpholine rings is 1. The summed E-state index contributed by atoms with van der Waals surface area (Å²) in [6.07, 6.45) is -0.313. The van der Waals surface area contributed by atoms with E-state index in [0.29, 0.717) is 13.2 Å². The van der Waals surface area contributed by atoms with Gasteiger partial charge in [0.25, 0.3) is 0 Å². The minimum absolute atomic E-state index is 0.108. The van der Waals surface area contributed by atoms with Crippen molar-refractivity contribution in [2.75, 3.05) is 24.6 Å². The molecule has 1 heterocycles. The fourth-order valence-corrected chi connectivity index (χ4v) is 2.33. The van der Waals surface area contributed by atoms with Crippen LogP contribution in [0, 0.1) is 11.3 Å². The van der Waals surface area contributed by atoms with E-state index in [1.807, 2.05) is 0 Å². The van der Waals surface area contributed by atoms with Crippen molar-refractivity contribution in [3.05, 3.63) is 29.8 Å². The third-order valence-corrected chi connectivity index (χ3v) is 3.26. The van der Waals surface area contributed by atoms with Gasteiger partial charge in [-0.2, -0.15) is 5.26 Å². The molecule has 0 saturated carbocycles. The molecule has 1 aliphatic rings. The Morgan fingerprint density at radius 2 is 2.06 bits per heavy atom. The Morgan fingerprint density at radius 3 is 2.72 bits per heavy atom. The molecule has 0 bridgehead atoms. The maximum atomic E-state index is 8.98. The summed E-state index contributed by atoms with van der Waals surface area (Å²) in [5, 5.41) is 8.98. The van der Waals surface area contributed by atoms with Crippen LogP contribution in [0.1, 0.15) is 26.3 Å². The van der Waals surface area contributed by atoms with Gasteiger partial charge in [-0.05, 0) is 17.0 Å². The summed E-state index contributed by atoms with van der Waals surface area (Å²) in [6.45, 7) is 8.78. The standard InChI is InChI=1S/C15H20N2O/c1-15(2,3)13-6-4-5-7-14(13)17-8-9-18-12(10-16)11-17/h4-7,12H,8-9,11H2,1-3H3. The van der Waals surface area contributed by atoms with Gasteiger partial charge in [-0.1, -0.05) is 39.0 Å². The van der Waals surface area contributed by atoms with Gasteiger partial charge >= 0.3 is 0 Å². The Hall–Kier alpha value is -1.53. The Kier molecular flexibility index (Phi) is 3.58. The van der Waals surface area contributed by atoms with Crippen molar-refractivity contribution in [3.8, 4) is 6.07 Å². The van der Waals surface area contributed by atoms with Crippen molar-refractivity contribution in [1.29, 1.82) is 5.26 Å². The van der Waals surface area contributed by atoms with E-state index in [4.69, 9.17) is 10.00 Å². The number of ether oxygens (including phenoxy) is 1. The number of para-hydroxylation sites is 1. The lowest BCUT2D eigenvalue weighted by Crippen LogP contribution is -2.42. The predicted molar refractivity (Wildman–Crippen MR) is 72.7 cm³/mol. The zero-order chi connectivity index (χ0) is 13.2. The first-order valence-corrected chi connectivity index (χ1v) is 6.38. The molecule has 1 saturated heterocycles. The van der Waals surface area contributed by atoms with Gasteiger partial charge in [0, 0.05) is 12.2 Å². The topological polar surface area (TPSA) is 36.3 Å². The molecule has 96 valence electrons. The first kappa shape index (κ1) is 12.9. The minimum Gasteiger partial charge on any atom is -0.365 e. The molecule has 18 heavy (non-hydrogen) atoms. The normalized spacial score (nSPS) is 20.6. The van der Waals surface area contributed by atoms with Crippen LogP contribution in [0.5, 0.6) is 0 Å². The smallest absolute Gasteiger partial charge is 0.161 e. The average molecular weight is 244 g/mol. The summed E-state index contributed by atoms with van der Waals surface area (Å²) in [5.41, 5.74) is 2.66. The largest absolute Gasteiger partial charge is 0.365 e. The summed E-state index contributed by atoms with van der Waals surface area (Å²) in [5.74, 6) is 0. The molecule has 1 aliphatic heterocycles. The first-order chi connectivity index (χ1) is 8.52. The first-order valence-electron chi connectivity index (χ1n) is 6.38. The second kappa shape index (κ2) is 4.99. The van der Waals surface area contributed by atoms with Gasteiger partial charge in [-0.3, -0.25) is 0 Å². The fraction of sp³-hybridized carbons (Fsp3) is 0.533. The zero-order valence-corrected chi connectivity index (χ0v) is 11.3. The quantitative estimate of drug-likeness (QED) is 0.762. The highest BCUT2D eigenvalue weighted by Crippen LogP contribution is 2.32. The Morgan fingerprint density at radius 1 is 1.33 bits per heavy atom. The summed E-state index contributed by atoms with van der Waals surface area (Å²) in [7, 11) is 0. The summed E-state index contributed by atoms with van der Waals surface area (Å²) in [6, 6.07) is 10.6. The monoisotopic (exact) mass is 244 g/mol. The molecule has 1 fully saturated rings. The van der Waals surface area contributed by atoms with Crippen molar-refractivity contribution in [2.24, 2.45) is 0 Å². The van der Waals surface area contributed by atoms with E-state index in [0.717, 1.165) is 6.54 Å². The van der Waals surface area contributed by atoms with Gasteiger partial charge in [0.1, 0.15) is 0 Å². The SMILES string of the molecule is CC(C)(C)c1ccccc1N1CCOC(C#N)C1. The van der Waals surface area contributed by atoms with E-state index in [2.05, 4.69) is 56.0 Å². The Labute approximate surface area is 109 Å². The molecule has 2 rings (SSSR count). The second-order valence-corrected chi connectivity index (χ2v) is 5.70. The van der Waals surface area contributed by atoms with E-state index in [1.54, 1.807) is 0 Å². The van der Waals surface area contributed by atoms with Crippen molar-refractivity contribution in [3.63, 3.8) is 0 Å². The van der Waals surface area contributed by atoms with Gasteiger partial charge in [0.2, 0.25) is 0 Å². The molecular weight excluding hydrogens is 224 g/mol. The number of nitrogens with zero attached hydrogens (tertiary/aromatic N) is 2. The molecule has 3 nitrogen and oxygen atoms in total. The second-order valence-electron chi connectivity index (χ2n) is 5.70. The van der Waals surface area contributed by atoms with Crippen LogP contribution in [-0.4, -0.2) is 25.8 Å². The van der Waals surface area contributed by atoms with Crippen molar-refractivity contribution >= 4 is 5.69 Å². The number of rotatable bonds is 1. The molecule has 0 radical (unpaired) electrons. The molecule has 1 atom stereocenters. The lowest BCUT2D eigenvalue weighted by atomic mass is 9.85. The van der Waals surface area contributed by atoms with Gasteiger partial charge in [0.05, 0.1) is 19.2 Å². The molecule has 0 amide bonds. The van der Waals surface area contributed by atoms with Crippen LogP contribution < -0.4 is 4.90 Å². The van der Waals surface area contributed by atoms with Crippen LogP contribution in [0.4, 0.5) is 5.69 Å². The van der Waals surface area contributed by atoms with E-state index < -0.39 is 0 Å². The van der Waals surface area contributed by atoms with Crippen LogP contribution in [0.2, 0.25) is 0 Å². The summed E-state index contributed by atoms with van der Waals surface area (Å²) in [4.78, 5) is 2.26. The molecule has 0 aliphatic carbocycles. The number of nitriles is 1. The van der Waals surface area contributed by atoms with Crippen molar-refractivity contribution in [1.82, 2.24) is 0 Å². The molecule has 1 aromatic rings. The van der Waals surface area contributed by atoms with Gasteiger partial charge in [-0.25, -0.2) is 0 Å². The van der Waals surface area contributed by atoms with Crippen LogP contribution >= 0.6 is 0 Å². The van der Waals surface area contributed by atoms with Gasteiger partial charge < -0.3 is 9.64 Å². The number of benzene rings is 1. The molecular formula is C15H20N2O. The number of anilines is 1. The molecule has 1 unspecified atom stereocenters. The van der Waals surface area contributed by atoms with Crippen LogP contribution in [-0.2, 0) is 10.2 Å². The molecule has 3 heteroatoms. The highest BCUT2D eigenvalue weighted by Gasteiger charge is 2.25. The fourth-order valence-electron chi connectivity index (χ4n) is 2.33. The zero-order valence-electron chi connectivity index (χ0n) is 11.3. The maximum Gasteiger partial charge on any atom is 0.161 e. The third kappa shape index (κ3) is 2.65. The van der Waals surface area contributed by atoms with E-state index in [1.165, 1.54) is 11.3 Å². The Bertz CT molecular complexity index is 456. The Balaban J connectivity index is 2.31. The molecule has 1 aromatic carbocycles.